The maximum atomic E-state index is 11.5. The van der Waals surface area contributed by atoms with Crippen LogP contribution in [0.5, 0.6) is 0 Å². The minimum absolute atomic E-state index is 0.361. The van der Waals surface area contributed by atoms with Gasteiger partial charge in [-0.3, -0.25) is 0 Å². The first-order valence-electron chi connectivity index (χ1n) is 7.52. The summed E-state index contributed by atoms with van der Waals surface area (Å²) in [6.45, 7) is 1.27. The smallest absolute Gasteiger partial charge is 0.336 e. The molecule has 2 heterocycles. The number of aliphatic hydroxyl groups excluding tert-OH is 4. The molecule has 8 heteroatoms. The normalized spacial score (nSPS) is 30.5. The van der Waals surface area contributed by atoms with E-state index in [0.29, 0.717) is 11.3 Å². The monoisotopic (exact) mass is 336 g/mol. The quantitative estimate of drug-likeness (QED) is 0.466. The van der Waals surface area contributed by atoms with E-state index in [2.05, 4.69) is 5.32 Å². The van der Waals surface area contributed by atoms with Crippen LogP contribution in [0.15, 0.2) is 33.5 Å². The second-order valence-electron chi connectivity index (χ2n) is 5.86. The number of hydrogen-bond donors (Lipinski definition) is 5. The zero-order chi connectivity index (χ0) is 17.4. The number of benzene rings is 1. The summed E-state index contributed by atoms with van der Waals surface area (Å²) in [5, 5.41) is 42.7. The van der Waals surface area contributed by atoms with Gasteiger partial charge in [0.05, 0.1) is 6.61 Å². The summed E-state index contributed by atoms with van der Waals surface area (Å²) >= 11 is 0. The van der Waals surface area contributed by atoms with E-state index in [1.54, 1.807) is 25.1 Å². The molecule has 1 aromatic carbocycles. The van der Waals surface area contributed by atoms with E-state index in [-0.39, 0.29) is 0 Å². The number of nitrogens with one attached hydrogen (secondary N) is 1. The first-order valence-corrected chi connectivity index (χ1v) is 7.52. The van der Waals surface area contributed by atoms with E-state index in [1.807, 2.05) is 0 Å². The van der Waals surface area contributed by atoms with Crippen molar-refractivity contribution in [2.24, 2.45) is 0 Å². The summed E-state index contributed by atoms with van der Waals surface area (Å²) < 4.78 is 10.2. The molecule has 0 saturated carbocycles. The summed E-state index contributed by atoms with van der Waals surface area (Å²) in [6, 6.07) is 5.37. The summed E-state index contributed by atoms with van der Waals surface area (Å²) in [4.78, 5) is 11.5. The number of hydrogen-bond acceptors (Lipinski definition) is 8. The molecule has 8 nitrogen and oxygen atoms in total. The summed E-state index contributed by atoms with van der Waals surface area (Å²) in [5.74, 6) is 0. The number of ether oxygens (including phenoxy) is 1. The molecule has 1 fully saturated rings. The van der Waals surface area contributed by atoms with Crippen LogP contribution in [0.4, 0.5) is 5.69 Å². The molecular weight excluding hydrogens is 317 g/mol. The topological polar surface area (TPSA) is 132 Å². The Kier molecular flexibility index (Phi) is 4.57. The Balaban J connectivity index is 1.88. The van der Waals surface area contributed by atoms with Gasteiger partial charge in [0.25, 0.3) is 0 Å². The van der Waals surface area contributed by atoms with E-state index in [4.69, 9.17) is 14.3 Å². The van der Waals surface area contributed by atoms with Crippen LogP contribution in [-0.4, -0.2) is 57.7 Å². The summed E-state index contributed by atoms with van der Waals surface area (Å²) in [6.07, 6.45) is -5.20. The molecule has 24 heavy (non-hydrogen) atoms. The number of aryl methyl sites for hydroxylation is 1. The lowest BCUT2D eigenvalue weighted by Crippen LogP contribution is -2.61. The van der Waals surface area contributed by atoms with Crippen molar-refractivity contribution in [3.8, 4) is 0 Å². The van der Waals surface area contributed by atoms with Crippen LogP contribution in [0.25, 0.3) is 11.0 Å². The van der Waals surface area contributed by atoms with Crippen molar-refractivity contribution in [1.29, 1.82) is 0 Å². The Labute approximate surface area is 136 Å². The first-order chi connectivity index (χ1) is 11.4. The van der Waals surface area contributed by atoms with E-state index >= 15 is 0 Å². The van der Waals surface area contributed by atoms with Gasteiger partial charge in [0.1, 0.15) is 29.9 Å². The molecule has 0 spiro atoms. The molecule has 0 bridgehead atoms. The van der Waals surface area contributed by atoms with Crippen molar-refractivity contribution >= 4 is 16.7 Å². The maximum Gasteiger partial charge on any atom is 0.336 e. The second-order valence-corrected chi connectivity index (χ2v) is 5.86. The highest BCUT2D eigenvalue weighted by atomic mass is 16.6. The number of anilines is 1. The van der Waals surface area contributed by atoms with Gasteiger partial charge in [-0.15, -0.1) is 0 Å². The minimum Gasteiger partial charge on any atom is -0.423 e. The number of fused-ring (bicyclic) bond motifs is 1. The van der Waals surface area contributed by atoms with Gasteiger partial charge in [-0.2, -0.15) is 0 Å². The van der Waals surface area contributed by atoms with Gasteiger partial charge in [0.2, 0.25) is 0 Å². The van der Waals surface area contributed by atoms with E-state index < -0.39 is 42.9 Å². The zero-order valence-corrected chi connectivity index (χ0v) is 12.9. The van der Waals surface area contributed by atoms with Gasteiger partial charge in [0.15, 0.2) is 6.29 Å². The molecule has 0 amide bonds. The van der Waals surface area contributed by atoms with Crippen molar-refractivity contribution in [2.45, 2.75) is 37.6 Å². The SMILES string of the molecule is [11CH3]c1cc(=O)oc2cc(N[C@@H]3C(O)OC(CO)[C@@H](O)C3O)ccc12. The predicted molar refractivity (Wildman–Crippen MR) is 84.6 cm³/mol. The molecule has 1 aromatic heterocycles. The average molecular weight is 336 g/mol. The lowest BCUT2D eigenvalue weighted by Gasteiger charge is -2.40. The molecule has 0 radical (unpaired) electrons. The molecular formula is C16H19NO7. The number of rotatable bonds is 3. The molecule has 5 atom stereocenters. The number of aliphatic hydroxyl groups is 4. The highest BCUT2D eigenvalue weighted by Gasteiger charge is 2.43. The minimum atomic E-state index is -1.43. The van der Waals surface area contributed by atoms with Gasteiger partial charge in [-0.05, 0) is 24.6 Å². The third-order valence-electron chi connectivity index (χ3n) is 4.18. The fourth-order valence-corrected chi connectivity index (χ4v) is 2.86. The summed E-state index contributed by atoms with van der Waals surface area (Å²) in [5.41, 5.74) is 1.13. The Morgan fingerprint density at radius 2 is 1.92 bits per heavy atom. The van der Waals surface area contributed by atoms with Gasteiger partial charge in [-0.1, -0.05) is 0 Å². The van der Waals surface area contributed by atoms with Crippen molar-refractivity contribution in [2.75, 3.05) is 11.9 Å². The van der Waals surface area contributed by atoms with E-state index in [0.717, 1.165) is 10.9 Å². The van der Waals surface area contributed by atoms with Crippen LogP contribution < -0.4 is 10.9 Å². The molecule has 5 N–H and O–H groups in total. The molecule has 3 rings (SSSR count). The van der Waals surface area contributed by atoms with Crippen LogP contribution >= 0.6 is 0 Å². The van der Waals surface area contributed by atoms with Crippen LogP contribution in [0.2, 0.25) is 0 Å². The third-order valence-corrected chi connectivity index (χ3v) is 4.18. The Morgan fingerprint density at radius 3 is 2.62 bits per heavy atom. The standard InChI is InChI=1S/C16H19NO7/c1-7-4-12(19)23-10-5-8(2-3-9(7)10)17-13-15(21)14(20)11(6-18)24-16(13)22/h2-5,11,13-18,20-22H,6H2,1H3/t11?,13-,14+,15?,16?/m0/s1/i1-1. The molecule has 3 unspecified atom stereocenters. The van der Waals surface area contributed by atoms with Gasteiger partial charge in [0, 0.05) is 23.2 Å². The highest BCUT2D eigenvalue weighted by molar-refractivity contribution is 5.83. The van der Waals surface area contributed by atoms with Gasteiger partial charge < -0.3 is 34.9 Å². The van der Waals surface area contributed by atoms with Crippen molar-refractivity contribution in [1.82, 2.24) is 0 Å². The fourth-order valence-electron chi connectivity index (χ4n) is 2.86. The van der Waals surface area contributed by atoms with Crippen LogP contribution in [-0.2, 0) is 4.74 Å². The molecule has 1 saturated heterocycles. The van der Waals surface area contributed by atoms with Gasteiger partial charge >= 0.3 is 5.63 Å². The zero-order valence-electron chi connectivity index (χ0n) is 12.9. The summed E-state index contributed by atoms with van der Waals surface area (Å²) in [7, 11) is 0. The average Bonchev–Trinajstić information content (AvgIpc) is 2.54. The van der Waals surface area contributed by atoms with Crippen molar-refractivity contribution in [3.63, 3.8) is 0 Å². The van der Waals surface area contributed by atoms with Crippen molar-refractivity contribution in [3.05, 3.63) is 40.2 Å². The molecule has 1 aliphatic heterocycles. The Bertz CT molecular complexity index is 790. The second kappa shape index (κ2) is 6.50. The lowest BCUT2D eigenvalue weighted by atomic mass is 9.96. The largest absolute Gasteiger partial charge is 0.423 e. The first kappa shape index (κ1) is 16.9. The third kappa shape index (κ3) is 3.02. The molecule has 2 aromatic rings. The highest BCUT2D eigenvalue weighted by Crippen LogP contribution is 2.25. The maximum absolute atomic E-state index is 11.5. The lowest BCUT2D eigenvalue weighted by molar-refractivity contribution is -0.245. The predicted octanol–water partition coefficient (Wildman–Crippen LogP) is -0.687. The fraction of sp³-hybridized carbons (Fsp3) is 0.438. The molecule has 130 valence electrons. The van der Waals surface area contributed by atoms with Gasteiger partial charge in [-0.25, -0.2) is 4.79 Å². The molecule has 1 aliphatic rings. The van der Waals surface area contributed by atoms with Crippen LogP contribution in [0.3, 0.4) is 0 Å². The van der Waals surface area contributed by atoms with Crippen molar-refractivity contribution < 1.29 is 29.6 Å². The van der Waals surface area contributed by atoms with Crippen LogP contribution in [0, 0.1) is 6.92 Å². The van der Waals surface area contributed by atoms with E-state index in [9.17, 15) is 20.1 Å². The van der Waals surface area contributed by atoms with Crippen LogP contribution in [0.1, 0.15) is 5.56 Å². The Morgan fingerprint density at radius 1 is 1.17 bits per heavy atom. The molecule has 0 aliphatic carbocycles. The Hall–Kier alpha value is -1.97. The van der Waals surface area contributed by atoms with E-state index in [1.165, 1.54) is 6.07 Å².